The Morgan fingerprint density at radius 3 is 3.08 bits per heavy atom. The minimum absolute atomic E-state index is 0.237. The fourth-order valence-corrected chi connectivity index (χ4v) is 3.09. The van der Waals surface area contributed by atoms with Crippen LogP contribution in [-0.2, 0) is 6.42 Å². The summed E-state index contributed by atoms with van der Waals surface area (Å²) in [6.45, 7) is 4.65. The van der Waals surface area contributed by atoms with E-state index in [2.05, 4.69) is 21.8 Å². The van der Waals surface area contributed by atoms with Crippen molar-refractivity contribution in [3.8, 4) is 11.4 Å². The predicted molar refractivity (Wildman–Crippen MR) is 94.1 cm³/mol. The largest absolute Gasteiger partial charge is 0.490 e. The summed E-state index contributed by atoms with van der Waals surface area (Å²) in [4.78, 5) is 16.3. The number of pyridine rings is 1. The second-order valence-electron chi connectivity index (χ2n) is 6.12. The normalized spacial score (nSPS) is 13.8. The average Bonchev–Trinajstić information content (AvgIpc) is 3.04. The Hall–Kier alpha value is -2.14. The molecule has 3 rings (SSSR count). The average molecular weight is 327 g/mol. The van der Waals surface area contributed by atoms with E-state index in [-0.39, 0.29) is 5.78 Å². The molecule has 5 nitrogen and oxygen atoms in total. The van der Waals surface area contributed by atoms with Gasteiger partial charge in [0.25, 0.3) is 0 Å². The zero-order valence-electron chi connectivity index (χ0n) is 14.3. The third-order valence-corrected chi connectivity index (χ3v) is 4.37. The number of ketones is 1. The fourth-order valence-electron chi connectivity index (χ4n) is 3.09. The zero-order valence-corrected chi connectivity index (χ0v) is 14.3. The molecule has 0 radical (unpaired) electrons. The number of carbonyl (C=O) groups is 1. The van der Waals surface area contributed by atoms with Crippen LogP contribution in [0.15, 0.2) is 30.7 Å². The smallest absolute Gasteiger partial charge is 0.164 e. The van der Waals surface area contributed by atoms with Crippen LogP contribution in [0.2, 0.25) is 0 Å². The van der Waals surface area contributed by atoms with E-state index < -0.39 is 0 Å². The van der Waals surface area contributed by atoms with E-state index in [0.717, 1.165) is 48.6 Å². The molecule has 0 bridgehead atoms. The van der Waals surface area contributed by atoms with E-state index in [1.165, 1.54) is 12.8 Å². The first-order chi connectivity index (χ1) is 11.8. The lowest BCUT2D eigenvalue weighted by atomic mass is 9.97. The second kappa shape index (κ2) is 8.11. The van der Waals surface area contributed by atoms with Gasteiger partial charge in [0.2, 0.25) is 0 Å². The number of carbonyl (C=O) groups excluding carboxylic acids is 1. The quantitative estimate of drug-likeness (QED) is 0.757. The summed E-state index contributed by atoms with van der Waals surface area (Å²) in [6.07, 6.45) is 10.4. The molecule has 5 heteroatoms. The molecule has 0 amide bonds. The maximum Gasteiger partial charge on any atom is 0.164 e. The van der Waals surface area contributed by atoms with Crippen LogP contribution in [0.25, 0.3) is 5.69 Å². The molecule has 0 aliphatic heterocycles. The van der Waals surface area contributed by atoms with Crippen LogP contribution < -0.4 is 10.1 Å². The van der Waals surface area contributed by atoms with Crippen molar-refractivity contribution < 1.29 is 9.53 Å². The lowest BCUT2D eigenvalue weighted by molar-refractivity contribution is 0.0972. The molecule has 0 aromatic carbocycles. The van der Waals surface area contributed by atoms with Crippen molar-refractivity contribution in [3.05, 3.63) is 42.0 Å². The Labute approximate surface area is 143 Å². The Morgan fingerprint density at radius 2 is 2.21 bits per heavy atom. The molecule has 24 heavy (non-hydrogen) atoms. The summed E-state index contributed by atoms with van der Waals surface area (Å²) in [5.41, 5.74) is 2.82. The van der Waals surface area contributed by atoms with Crippen LogP contribution in [0.4, 0.5) is 0 Å². The highest BCUT2D eigenvalue weighted by atomic mass is 16.5. The molecular formula is C19H25N3O2. The lowest BCUT2D eigenvalue weighted by Gasteiger charge is -2.17. The summed E-state index contributed by atoms with van der Waals surface area (Å²) in [5, 5.41) is 3.37. The Kier molecular flexibility index (Phi) is 5.64. The molecule has 2 heterocycles. The minimum Gasteiger partial charge on any atom is -0.490 e. The first-order valence-electron chi connectivity index (χ1n) is 8.82. The molecule has 128 valence electrons. The van der Waals surface area contributed by atoms with E-state index >= 15 is 0 Å². The van der Waals surface area contributed by atoms with Crippen molar-refractivity contribution in [2.24, 2.45) is 0 Å². The van der Waals surface area contributed by atoms with Crippen LogP contribution in [-0.4, -0.2) is 35.0 Å². The number of ether oxygens (including phenoxy) is 1. The molecule has 1 N–H and O–H groups in total. The number of fused-ring (bicyclic) bond motifs is 1. The molecule has 0 saturated heterocycles. The van der Waals surface area contributed by atoms with Gasteiger partial charge in [-0.3, -0.25) is 9.78 Å². The number of rotatable bonds is 8. The SMILES string of the molecule is CCCCNCCOc1ccncc1-n1ccc2c1CCCC2=O. The van der Waals surface area contributed by atoms with Crippen LogP contribution in [0.1, 0.15) is 48.7 Å². The van der Waals surface area contributed by atoms with Gasteiger partial charge in [0.15, 0.2) is 5.78 Å². The molecular weight excluding hydrogens is 302 g/mol. The molecule has 2 aromatic heterocycles. The van der Waals surface area contributed by atoms with Gasteiger partial charge in [-0.1, -0.05) is 13.3 Å². The Balaban J connectivity index is 1.72. The van der Waals surface area contributed by atoms with Gasteiger partial charge >= 0.3 is 0 Å². The maximum absolute atomic E-state index is 12.0. The summed E-state index contributed by atoms with van der Waals surface area (Å²) in [5.74, 6) is 1.04. The summed E-state index contributed by atoms with van der Waals surface area (Å²) in [6, 6.07) is 3.80. The van der Waals surface area contributed by atoms with Crippen molar-refractivity contribution in [1.29, 1.82) is 0 Å². The monoisotopic (exact) mass is 327 g/mol. The molecule has 1 aliphatic carbocycles. The molecule has 0 saturated carbocycles. The Bertz CT molecular complexity index is 694. The van der Waals surface area contributed by atoms with E-state index in [9.17, 15) is 4.79 Å². The van der Waals surface area contributed by atoms with Crippen LogP contribution in [0.5, 0.6) is 5.75 Å². The number of Topliss-reactive ketones (excluding diaryl/α,β-unsaturated/α-hetero) is 1. The number of nitrogens with one attached hydrogen (secondary N) is 1. The van der Waals surface area contributed by atoms with Gasteiger partial charge in [-0.2, -0.15) is 0 Å². The van der Waals surface area contributed by atoms with Crippen molar-refractivity contribution in [1.82, 2.24) is 14.9 Å². The van der Waals surface area contributed by atoms with Crippen molar-refractivity contribution in [3.63, 3.8) is 0 Å². The Morgan fingerprint density at radius 1 is 1.29 bits per heavy atom. The second-order valence-corrected chi connectivity index (χ2v) is 6.12. The van der Waals surface area contributed by atoms with Gasteiger partial charge in [0.05, 0.1) is 6.20 Å². The predicted octanol–water partition coefficient (Wildman–Crippen LogP) is 3.16. The summed E-state index contributed by atoms with van der Waals surface area (Å²) in [7, 11) is 0. The first kappa shape index (κ1) is 16.7. The van der Waals surface area contributed by atoms with Crippen LogP contribution >= 0.6 is 0 Å². The molecule has 1 aliphatic rings. The fraction of sp³-hybridized carbons (Fsp3) is 0.474. The minimum atomic E-state index is 0.237. The van der Waals surface area contributed by atoms with E-state index in [0.29, 0.717) is 13.0 Å². The van der Waals surface area contributed by atoms with E-state index in [4.69, 9.17) is 4.74 Å². The third-order valence-electron chi connectivity index (χ3n) is 4.37. The maximum atomic E-state index is 12.0. The highest BCUT2D eigenvalue weighted by Crippen LogP contribution is 2.29. The molecule has 0 unspecified atom stereocenters. The number of hydrogen-bond donors (Lipinski definition) is 1. The van der Waals surface area contributed by atoms with Crippen LogP contribution in [0, 0.1) is 0 Å². The van der Waals surface area contributed by atoms with Crippen LogP contribution in [0.3, 0.4) is 0 Å². The third kappa shape index (κ3) is 3.67. The molecule has 0 atom stereocenters. The molecule has 2 aromatic rings. The van der Waals surface area contributed by atoms with Gasteiger partial charge in [-0.05, 0) is 31.9 Å². The highest BCUT2D eigenvalue weighted by Gasteiger charge is 2.22. The molecule has 0 spiro atoms. The number of nitrogens with zero attached hydrogens (tertiary/aromatic N) is 2. The zero-order chi connectivity index (χ0) is 16.8. The number of hydrogen-bond acceptors (Lipinski definition) is 4. The topological polar surface area (TPSA) is 56.1 Å². The first-order valence-corrected chi connectivity index (χ1v) is 8.82. The highest BCUT2D eigenvalue weighted by molar-refractivity contribution is 5.98. The van der Waals surface area contributed by atoms with Crippen molar-refractivity contribution in [2.45, 2.75) is 39.0 Å². The van der Waals surface area contributed by atoms with Gasteiger partial charge < -0.3 is 14.6 Å². The van der Waals surface area contributed by atoms with Gasteiger partial charge in [-0.15, -0.1) is 0 Å². The van der Waals surface area contributed by atoms with Crippen molar-refractivity contribution in [2.75, 3.05) is 19.7 Å². The van der Waals surface area contributed by atoms with E-state index in [1.54, 1.807) is 12.4 Å². The summed E-state index contributed by atoms with van der Waals surface area (Å²) >= 11 is 0. The van der Waals surface area contributed by atoms with Gasteiger partial charge in [-0.25, -0.2) is 0 Å². The van der Waals surface area contributed by atoms with E-state index in [1.807, 2.05) is 18.3 Å². The van der Waals surface area contributed by atoms with Crippen molar-refractivity contribution >= 4 is 5.78 Å². The lowest BCUT2D eigenvalue weighted by Crippen LogP contribution is -2.22. The molecule has 0 fully saturated rings. The number of unbranched alkanes of at least 4 members (excludes halogenated alkanes) is 1. The standard InChI is InChI=1S/C19H25N3O2/c1-2-3-9-20-11-13-24-19-7-10-21-14-17(19)22-12-8-15-16(22)5-4-6-18(15)23/h7-8,10,12,14,20H,2-6,9,11,13H2,1H3. The van der Waals surface area contributed by atoms with Gasteiger partial charge in [0.1, 0.15) is 18.0 Å². The van der Waals surface area contributed by atoms with Gasteiger partial charge in [0, 0.05) is 42.7 Å². The summed E-state index contributed by atoms with van der Waals surface area (Å²) < 4.78 is 8.01. The number of aromatic nitrogens is 2.